The first-order valence-electron chi connectivity index (χ1n) is 21.7. The first-order valence-corrected chi connectivity index (χ1v) is 23.5. The van der Waals surface area contributed by atoms with Crippen LogP contribution in [0.5, 0.6) is 11.5 Å². The summed E-state index contributed by atoms with van der Waals surface area (Å²) in [5.41, 5.74) is 0.503. The van der Waals surface area contributed by atoms with Crippen LogP contribution in [0.25, 0.3) is 0 Å². The Labute approximate surface area is 325 Å². The largest absolute Gasteiger partial charge is 0.423 e. The first kappa shape index (κ1) is 49.0. The van der Waals surface area contributed by atoms with E-state index < -0.39 is 22.2 Å². The van der Waals surface area contributed by atoms with Crippen LogP contribution in [-0.2, 0) is 23.9 Å². The van der Waals surface area contributed by atoms with Crippen molar-refractivity contribution in [2.45, 2.75) is 220 Å². The summed E-state index contributed by atoms with van der Waals surface area (Å²) in [6.07, 6.45) is 32.5. The standard InChI is InChI=1S/C44H79NO7S/c1-6-8-10-12-14-16-18-20-22-24-26-28-30-32-43(46)50-40-35-34-39(42(37-45-38(3)4)52-53(5,48)49)36-41(40)51-44(47)33-31-29-27-25-23-21-19-17-15-13-11-9-7-2/h34-36,38,42,45H,6-33,37H2,1-5H3. The highest BCUT2D eigenvalue weighted by Gasteiger charge is 2.22. The molecule has 0 aromatic heterocycles. The van der Waals surface area contributed by atoms with Crippen LogP contribution in [0.1, 0.15) is 219 Å². The molecule has 0 aliphatic heterocycles. The molecule has 0 radical (unpaired) electrons. The fourth-order valence-electron chi connectivity index (χ4n) is 6.57. The van der Waals surface area contributed by atoms with Crippen molar-refractivity contribution in [3.05, 3.63) is 23.8 Å². The smallest absolute Gasteiger partial charge is 0.311 e. The van der Waals surface area contributed by atoms with E-state index in [-0.39, 0.29) is 42.9 Å². The average molecular weight is 766 g/mol. The van der Waals surface area contributed by atoms with E-state index >= 15 is 0 Å². The van der Waals surface area contributed by atoms with E-state index in [1.165, 1.54) is 128 Å². The lowest BCUT2D eigenvalue weighted by atomic mass is 10.0. The van der Waals surface area contributed by atoms with E-state index in [0.717, 1.165) is 44.8 Å². The average Bonchev–Trinajstić information content (AvgIpc) is 3.11. The minimum Gasteiger partial charge on any atom is -0.423 e. The maximum atomic E-state index is 13.0. The molecule has 0 amide bonds. The fourth-order valence-corrected chi connectivity index (χ4v) is 7.17. The van der Waals surface area contributed by atoms with Crippen LogP contribution in [0.15, 0.2) is 18.2 Å². The van der Waals surface area contributed by atoms with Gasteiger partial charge in [0, 0.05) is 25.4 Å². The van der Waals surface area contributed by atoms with E-state index in [9.17, 15) is 18.0 Å². The molecule has 53 heavy (non-hydrogen) atoms. The molecular weight excluding hydrogens is 687 g/mol. The van der Waals surface area contributed by atoms with Gasteiger partial charge in [0.25, 0.3) is 10.1 Å². The lowest BCUT2D eigenvalue weighted by molar-refractivity contribution is -0.137. The summed E-state index contributed by atoms with van der Waals surface area (Å²) >= 11 is 0. The molecule has 1 N–H and O–H groups in total. The monoisotopic (exact) mass is 766 g/mol. The summed E-state index contributed by atoms with van der Waals surface area (Å²) in [4.78, 5) is 25.9. The van der Waals surface area contributed by atoms with Crippen molar-refractivity contribution in [1.29, 1.82) is 0 Å². The van der Waals surface area contributed by atoms with Crippen LogP contribution in [-0.4, -0.2) is 39.2 Å². The van der Waals surface area contributed by atoms with Gasteiger partial charge < -0.3 is 14.8 Å². The van der Waals surface area contributed by atoms with Gasteiger partial charge in [-0.1, -0.05) is 188 Å². The zero-order valence-corrected chi connectivity index (χ0v) is 35.5. The lowest BCUT2D eigenvalue weighted by Crippen LogP contribution is -2.30. The van der Waals surface area contributed by atoms with E-state index in [1.807, 2.05) is 13.8 Å². The lowest BCUT2D eigenvalue weighted by Gasteiger charge is -2.20. The Bertz CT molecular complexity index is 1170. The SMILES string of the molecule is CCCCCCCCCCCCCCCC(=O)Oc1ccc(C(CNC(C)C)OS(C)(=O)=O)cc1OC(=O)CCCCCCCCCCCCCCC. The molecule has 0 heterocycles. The van der Waals surface area contributed by atoms with Gasteiger partial charge in [0.2, 0.25) is 0 Å². The first-order chi connectivity index (χ1) is 25.6. The Balaban J connectivity index is 2.63. The Morgan fingerprint density at radius 2 is 0.925 bits per heavy atom. The van der Waals surface area contributed by atoms with Crippen molar-refractivity contribution < 1.29 is 31.7 Å². The van der Waals surface area contributed by atoms with Crippen molar-refractivity contribution in [2.75, 3.05) is 12.8 Å². The summed E-state index contributed by atoms with van der Waals surface area (Å²) < 4.78 is 41.1. The molecule has 8 nitrogen and oxygen atoms in total. The molecule has 1 unspecified atom stereocenters. The predicted octanol–water partition coefficient (Wildman–Crippen LogP) is 12.5. The summed E-state index contributed by atoms with van der Waals surface area (Å²) in [6.45, 7) is 8.66. The Morgan fingerprint density at radius 3 is 1.28 bits per heavy atom. The van der Waals surface area contributed by atoms with Crippen molar-refractivity contribution in [3.8, 4) is 11.5 Å². The molecule has 0 saturated heterocycles. The molecule has 0 aliphatic carbocycles. The number of esters is 2. The Kier molecular flexibility index (Phi) is 29.9. The minimum absolute atomic E-state index is 0.101. The van der Waals surface area contributed by atoms with Gasteiger partial charge in [-0.2, -0.15) is 8.42 Å². The molecule has 1 atom stereocenters. The van der Waals surface area contributed by atoms with Gasteiger partial charge in [0.1, 0.15) is 6.10 Å². The van der Waals surface area contributed by atoms with Crippen molar-refractivity contribution >= 4 is 22.1 Å². The third-order valence-electron chi connectivity index (χ3n) is 9.76. The summed E-state index contributed by atoms with van der Waals surface area (Å²) in [5, 5.41) is 3.22. The van der Waals surface area contributed by atoms with Crippen LogP contribution in [0.3, 0.4) is 0 Å². The summed E-state index contributed by atoms with van der Waals surface area (Å²) in [7, 11) is -3.78. The number of ether oxygens (including phenoxy) is 2. The third-order valence-corrected chi connectivity index (χ3v) is 10.3. The number of nitrogens with one attached hydrogen (secondary N) is 1. The molecular formula is C44H79NO7S. The van der Waals surface area contributed by atoms with Gasteiger partial charge in [0.15, 0.2) is 11.5 Å². The highest BCUT2D eigenvalue weighted by Crippen LogP contribution is 2.33. The maximum absolute atomic E-state index is 13.0. The predicted molar refractivity (Wildman–Crippen MR) is 220 cm³/mol. The number of benzene rings is 1. The second-order valence-electron chi connectivity index (χ2n) is 15.5. The molecule has 1 rings (SSSR count). The molecule has 1 aromatic rings. The van der Waals surface area contributed by atoms with Crippen LogP contribution in [0.4, 0.5) is 0 Å². The summed E-state index contributed by atoms with van der Waals surface area (Å²) in [5.74, 6) is -0.519. The number of hydrogen-bond donors (Lipinski definition) is 1. The molecule has 1 aromatic carbocycles. The second-order valence-corrected chi connectivity index (χ2v) is 17.1. The van der Waals surface area contributed by atoms with Gasteiger partial charge in [0.05, 0.1) is 6.26 Å². The van der Waals surface area contributed by atoms with E-state index in [2.05, 4.69) is 19.2 Å². The van der Waals surface area contributed by atoms with Crippen LogP contribution >= 0.6 is 0 Å². The normalized spacial score (nSPS) is 12.3. The molecule has 0 aliphatic rings. The molecule has 9 heteroatoms. The number of carbonyl (C=O) groups excluding carboxylic acids is 2. The molecule has 0 saturated carbocycles. The quantitative estimate of drug-likeness (QED) is 0.0311. The maximum Gasteiger partial charge on any atom is 0.311 e. The van der Waals surface area contributed by atoms with Gasteiger partial charge in [-0.15, -0.1) is 0 Å². The molecule has 308 valence electrons. The van der Waals surface area contributed by atoms with Crippen molar-refractivity contribution in [3.63, 3.8) is 0 Å². The van der Waals surface area contributed by atoms with Crippen LogP contribution in [0.2, 0.25) is 0 Å². The van der Waals surface area contributed by atoms with Crippen molar-refractivity contribution in [1.82, 2.24) is 5.32 Å². The number of hydrogen-bond acceptors (Lipinski definition) is 8. The topological polar surface area (TPSA) is 108 Å². The van der Waals surface area contributed by atoms with Gasteiger partial charge in [-0.25, -0.2) is 0 Å². The van der Waals surface area contributed by atoms with Crippen LogP contribution in [0, 0.1) is 0 Å². The molecule has 0 fully saturated rings. The Morgan fingerprint density at radius 1 is 0.566 bits per heavy atom. The van der Waals surface area contributed by atoms with Crippen molar-refractivity contribution in [2.24, 2.45) is 0 Å². The van der Waals surface area contributed by atoms with Gasteiger partial charge in [-0.3, -0.25) is 13.8 Å². The third kappa shape index (κ3) is 29.1. The van der Waals surface area contributed by atoms with Gasteiger partial charge in [-0.05, 0) is 30.5 Å². The Hall–Kier alpha value is -1.97. The second kappa shape index (κ2) is 32.3. The zero-order chi connectivity index (χ0) is 39.0. The van der Waals surface area contributed by atoms with Crippen LogP contribution < -0.4 is 14.8 Å². The zero-order valence-electron chi connectivity index (χ0n) is 34.7. The van der Waals surface area contributed by atoms with E-state index in [1.54, 1.807) is 18.2 Å². The van der Waals surface area contributed by atoms with E-state index in [0.29, 0.717) is 5.56 Å². The minimum atomic E-state index is -3.78. The highest BCUT2D eigenvalue weighted by molar-refractivity contribution is 7.86. The molecule has 0 spiro atoms. The highest BCUT2D eigenvalue weighted by atomic mass is 32.2. The number of rotatable bonds is 36. The van der Waals surface area contributed by atoms with E-state index in [4.69, 9.17) is 13.7 Å². The summed E-state index contributed by atoms with van der Waals surface area (Å²) in [6, 6.07) is 4.89. The van der Waals surface area contributed by atoms with Gasteiger partial charge >= 0.3 is 11.9 Å². The number of carbonyl (C=O) groups is 2. The fraction of sp³-hybridized carbons (Fsp3) is 0.818. The number of unbranched alkanes of at least 4 members (excludes halogenated alkanes) is 24. The molecule has 0 bridgehead atoms.